The molecule has 1 aromatic carbocycles. The highest BCUT2D eigenvalue weighted by atomic mass is 16.5. The standard InChI is InChI=1S/C20H35N5O/c1-17(18-9-6-5-7-10-18)26-14-8-11-22-20(21-2)23-15-19-16-24(3)12-13-25(19)4/h5-7,9-10,17,19H,8,11-16H2,1-4H3,(H2,21,22,23). The van der Waals surface area contributed by atoms with Crippen LogP contribution in [0.15, 0.2) is 35.3 Å². The van der Waals surface area contributed by atoms with Crippen LogP contribution in [0.2, 0.25) is 0 Å². The van der Waals surface area contributed by atoms with E-state index in [-0.39, 0.29) is 6.10 Å². The average Bonchev–Trinajstić information content (AvgIpc) is 2.67. The van der Waals surface area contributed by atoms with E-state index >= 15 is 0 Å². The van der Waals surface area contributed by atoms with Crippen molar-refractivity contribution in [3.05, 3.63) is 35.9 Å². The van der Waals surface area contributed by atoms with Gasteiger partial charge < -0.3 is 20.3 Å². The maximum absolute atomic E-state index is 5.91. The van der Waals surface area contributed by atoms with Crippen LogP contribution in [0, 0.1) is 0 Å². The van der Waals surface area contributed by atoms with Crippen LogP contribution in [0.25, 0.3) is 0 Å². The third-order valence-corrected chi connectivity index (χ3v) is 4.96. The Labute approximate surface area is 158 Å². The summed E-state index contributed by atoms with van der Waals surface area (Å²) in [5.74, 6) is 0.864. The predicted molar refractivity (Wildman–Crippen MR) is 109 cm³/mol. The summed E-state index contributed by atoms with van der Waals surface area (Å²) in [4.78, 5) is 9.12. The van der Waals surface area contributed by atoms with Gasteiger partial charge in [-0.1, -0.05) is 30.3 Å². The molecule has 1 aliphatic heterocycles. The number of hydrogen-bond acceptors (Lipinski definition) is 4. The van der Waals surface area contributed by atoms with Gasteiger partial charge in [0.2, 0.25) is 0 Å². The van der Waals surface area contributed by atoms with Crippen molar-refractivity contribution >= 4 is 5.96 Å². The van der Waals surface area contributed by atoms with Crippen LogP contribution >= 0.6 is 0 Å². The molecular weight excluding hydrogens is 326 g/mol. The minimum Gasteiger partial charge on any atom is -0.374 e. The summed E-state index contributed by atoms with van der Waals surface area (Å²) in [5, 5.41) is 6.82. The molecule has 2 rings (SSSR count). The molecule has 146 valence electrons. The molecule has 1 aromatic rings. The van der Waals surface area contributed by atoms with Crippen molar-refractivity contribution in [3.63, 3.8) is 0 Å². The Bertz CT molecular complexity index is 536. The highest BCUT2D eigenvalue weighted by Crippen LogP contribution is 2.15. The molecule has 6 nitrogen and oxygen atoms in total. The average molecular weight is 362 g/mol. The zero-order valence-electron chi connectivity index (χ0n) is 16.7. The van der Waals surface area contributed by atoms with E-state index in [9.17, 15) is 0 Å². The van der Waals surface area contributed by atoms with Crippen molar-refractivity contribution in [1.82, 2.24) is 20.4 Å². The summed E-state index contributed by atoms with van der Waals surface area (Å²) in [7, 11) is 6.20. The van der Waals surface area contributed by atoms with Crippen LogP contribution in [0.3, 0.4) is 0 Å². The molecule has 0 saturated carbocycles. The van der Waals surface area contributed by atoms with Crippen molar-refractivity contribution < 1.29 is 4.74 Å². The number of rotatable bonds is 8. The molecule has 26 heavy (non-hydrogen) atoms. The smallest absolute Gasteiger partial charge is 0.191 e. The van der Waals surface area contributed by atoms with Crippen LogP contribution in [0.4, 0.5) is 0 Å². The van der Waals surface area contributed by atoms with Crippen LogP contribution in [-0.2, 0) is 4.74 Å². The topological polar surface area (TPSA) is 52.1 Å². The first-order chi connectivity index (χ1) is 12.6. The lowest BCUT2D eigenvalue weighted by Gasteiger charge is -2.37. The second-order valence-corrected chi connectivity index (χ2v) is 7.05. The Morgan fingerprint density at radius 1 is 1.23 bits per heavy atom. The Morgan fingerprint density at radius 2 is 2.00 bits per heavy atom. The van der Waals surface area contributed by atoms with E-state index in [0.717, 1.165) is 51.7 Å². The van der Waals surface area contributed by atoms with Crippen LogP contribution in [0.5, 0.6) is 0 Å². The Hall–Kier alpha value is -1.63. The highest BCUT2D eigenvalue weighted by Gasteiger charge is 2.21. The molecule has 2 atom stereocenters. The first kappa shape index (κ1) is 20.7. The first-order valence-electron chi connectivity index (χ1n) is 9.60. The van der Waals surface area contributed by atoms with Crippen molar-refractivity contribution in [2.45, 2.75) is 25.5 Å². The maximum atomic E-state index is 5.91. The van der Waals surface area contributed by atoms with Gasteiger partial charge in [0.1, 0.15) is 0 Å². The van der Waals surface area contributed by atoms with E-state index in [0.29, 0.717) is 6.04 Å². The first-order valence-corrected chi connectivity index (χ1v) is 9.60. The van der Waals surface area contributed by atoms with Gasteiger partial charge in [0, 0.05) is 52.4 Å². The van der Waals surface area contributed by atoms with E-state index < -0.39 is 0 Å². The number of aliphatic imine (C=N–C) groups is 1. The minimum absolute atomic E-state index is 0.132. The van der Waals surface area contributed by atoms with E-state index in [1.165, 1.54) is 5.56 Å². The molecule has 6 heteroatoms. The number of hydrogen-bond donors (Lipinski definition) is 2. The van der Waals surface area contributed by atoms with Gasteiger partial charge >= 0.3 is 0 Å². The molecule has 0 aromatic heterocycles. The number of piperazine rings is 1. The lowest BCUT2D eigenvalue weighted by molar-refractivity contribution is 0.0646. The van der Waals surface area contributed by atoms with Gasteiger partial charge in [-0.2, -0.15) is 0 Å². The zero-order valence-corrected chi connectivity index (χ0v) is 16.7. The van der Waals surface area contributed by atoms with Crippen molar-refractivity contribution in [2.24, 2.45) is 4.99 Å². The van der Waals surface area contributed by atoms with E-state index in [1.54, 1.807) is 0 Å². The SMILES string of the molecule is CN=C(NCCCOC(C)c1ccccc1)NCC1CN(C)CCN1C. The van der Waals surface area contributed by atoms with Gasteiger partial charge in [0.05, 0.1) is 6.10 Å². The van der Waals surface area contributed by atoms with Gasteiger partial charge in [-0.25, -0.2) is 0 Å². The third-order valence-electron chi connectivity index (χ3n) is 4.96. The summed E-state index contributed by atoms with van der Waals surface area (Å²) < 4.78 is 5.91. The lowest BCUT2D eigenvalue weighted by Crippen LogP contribution is -2.55. The summed E-state index contributed by atoms with van der Waals surface area (Å²) in [5.41, 5.74) is 1.22. The van der Waals surface area contributed by atoms with Crippen molar-refractivity contribution in [1.29, 1.82) is 0 Å². The molecule has 1 saturated heterocycles. The summed E-state index contributed by atoms with van der Waals surface area (Å²) in [6.07, 6.45) is 1.08. The molecule has 0 spiro atoms. The molecule has 0 bridgehead atoms. The fourth-order valence-corrected chi connectivity index (χ4v) is 3.12. The molecule has 2 unspecified atom stereocenters. The van der Waals surface area contributed by atoms with Gasteiger partial charge in [0.15, 0.2) is 5.96 Å². The Kier molecular flexibility index (Phi) is 8.88. The largest absolute Gasteiger partial charge is 0.374 e. The molecule has 1 fully saturated rings. The number of nitrogens with one attached hydrogen (secondary N) is 2. The van der Waals surface area contributed by atoms with Gasteiger partial charge in [-0.05, 0) is 33.0 Å². The Morgan fingerprint density at radius 3 is 2.73 bits per heavy atom. The van der Waals surface area contributed by atoms with Crippen molar-refractivity contribution in [3.8, 4) is 0 Å². The maximum Gasteiger partial charge on any atom is 0.191 e. The number of likely N-dealkylation sites (N-methyl/N-ethyl adjacent to an activating group) is 2. The van der Waals surface area contributed by atoms with E-state index in [2.05, 4.69) is 58.6 Å². The lowest BCUT2D eigenvalue weighted by atomic mass is 10.1. The van der Waals surface area contributed by atoms with Crippen molar-refractivity contribution in [2.75, 3.05) is 60.5 Å². The fourth-order valence-electron chi connectivity index (χ4n) is 3.12. The van der Waals surface area contributed by atoms with E-state index in [4.69, 9.17) is 4.74 Å². The second kappa shape index (κ2) is 11.2. The van der Waals surface area contributed by atoms with Gasteiger partial charge in [-0.15, -0.1) is 0 Å². The second-order valence-electron chi connectivity index (χ2n) is 7.05. The zero-order chi connectivity index (χ0) is 18.8. The summed E-state index contributed by atoms with van der Waals surface area (Å²) >= 11 is 0. The number of guanidine groups is 1. The van der Waals surface area contributed by atoms with Crippen LogP contribution in [0.1, 0.15) is 25.0 Å². The molecule has 2 N–H and O–H groups in total. The van der Waals surface area contributed by atoms with Crippen LogP contribution in [-0.4, -0.2) is 82.3 Å². The molecule has 1 aliphatic rings. The van der Waals surface area contributed by atoms with Gasteiger partial charge in [-0.3, -0.25) is 9.89 Å². The van der Waals surface area contributed by atoms with Crippen LogP contribution < -0.4 is 10.6 Å². The normalized spacial score (nSPS) is 20.8. The highest BCUT2D eigenvalue weighted by molar-refractivity contribution is 5.79. The predicted octanol–water partition coefficient (Wildman–Crippen LogP) is 1.57. The molecule has 0 amide bonds. The fraction of sp³-hybridized carbons (Fsp3) is 0.650. The Balaban J connectivity index is 1.60. The minimum atomic E-state index is 0.132. The molecular formula is C20H35N5O. The van der Waals surface area contributed by atoms with Gasteiger partial charge in [0.25, 0.3) is 0 Å². The molecule has 0 radical (unpaired) electrons. The quantitative estimate of drug-likeness (QED) is 0.418. The molecule has 1 heterocycles. The van der Waals surface area contributed by atoms with E-state index in [1.807, 2.05) is 25.2 Å². The third kappa shape index (κ3) is 6.94. The monoisotopic (exact) mass is 361 g/mol. The number of ether oxygens (including phenoxy) is 1. The number of nitrogens with zero attached hydrogens (tertiary/aromatic N) is 3. The summed E-state index contributed by atoms with van der Waals surface area (Å²) in [6.45, 7) is 7.93. The summed E-state index contributed by atoms with van der Waals surface area (Å²) in [6, 6.07) is 10.9. The molecule has 0 aliphatic carbocycles. The number of benzene rings is 1.